The molecule has 2 aromatic rings. The van der Waals surface area contributed by atoms with Gasteiger partial charge in [0.05, 0.1) is 6.54 Å². The van der Waals surface area contributed by atoms with Gasteiger partial charge in [-0.05, 0) is 32.6 Å². The molecule has 6 heteroatoms. The summed E-state index contributed by atoms with van der Waals surface area (Å²) in [7, 11) is 0. The summed E-state index contributed by atoms with van der Waals surface area (Å²) in [5.74, 6) is 1.89. The van der Waals surface area contributed by atoms with Crippen LogP contribution < -0.4 is 5.32 Å². The lowest BCUT2D eigenvalue weighted by Gasteiger charge is -2.17. The molecule has 6 nitrogen and oxygen atoms in total. The summed E-state index contributed by atoms with van der Waals surface area (Å²) in [6.07, 6.45) is 7.99. The van der Waals surface area contributed by atoms with Gasteiger partial charge in [0.2, 0.25) is 0 Å². The van der Waals surface area contributed by atoms with Gasteiger partial charge in [-0.2, -0.15) is 0 Å². The van der Waals surface area contributed by atoms with Gasteiger partial charge in [-0.15, -0.1) is 10.2 Å². The Hall–Kier alpha value is -1.98. The van der Waals surface area contributed by atoms with E-state index >= 15 is 0 Å². The van der Waals surface area contributed by atoms with Gasteiger partial charge in [-0.3, -0.25) is 0 Å². The molecule has 0 fully saturated rings. The van der Waals surface area contributed by atoms with Crippen molar-refractivity contribution in [3.05, 3.63) is 29.7 Å². The van der Waals surface area contributed by atoms with Gasteiger partial charge >= 0.3 is 0 Å². The van der Waals surface area contributed by atoms with Crippen LogP contribution in [0.3, 0.4) is 0 Å². The molecule has 0 saturated carbocycles. The number of rotatable bonds is 4. The first-order valence-corrected chi connectivity index (χ1v) is 6.81. The lowest BCUT2D eigenvalue weighted by molar-refractivity contribution is 0.661. The van der Waals surface area contributed by atoms with Gasteiger partial charge in [0, 0.05) is 17.8 Å². The Balaban J connectivity index is 1.77. The van der Waals surface area contributed by atoms with E-state index in [1.165, 1.54) is 24.1 Å². The number of hydrogen-bond acceptors (Lipinski definition) is 5. The van der Waals surface area contributed by atoms with Crippen LogP contribution in [-0.2, 0) is 25.9 Å². The van der Waals surface area contributed by atoms with E-state index in [1.54, 1.807) is 12.7 Å². The van der Waals surface area contributed by atoms with Gasteiger partial charge in [0.1, 0.15) is 18.5 Å². The Bertz CT molecular complexity index is 562. The standard InChI is InChI=1S/C13H18N6/c1-2-19-9-17-18-12(19)7-14-13-10-5-3-4-6-11(10)15-8-16-13/h8-9H,2-7H2,1H3,(H,14,15,16). The fourth-order valence-electron chi connectivity index (χ4n) is 2.52. The van der Waals surface area contributed by atoms with Crippen LogP contribution in [0.1, 0.15) is 36.8 Å². The Morgan fingerprint density at radius 1 is 1.26 bits per heavy atom. The molecular weight excluding hydrogens is 240 g/mol. The second-order valence-electron chi connectivity index (χ2n) is 4.74. The summed E-state index contributed by atoms with van der Waals surface area (Å²) in [5, 5.41) is 11.4. The highest BCUT2D eigenvalue weighted by atomic mass is 15.3. The van der Waals surface area contributed by atoms with Gasteiger partial charge < -0.3 is 9.88 Å². The van der Waals surface area contributed by atoms with Crippen LogP contribution in [0.25, 0.3) is 0 Å². The van der Waals surface area contributed by atoms with Crippen molar-refractivity contribution < 1.29 is 0 Å². The van der Waals surface area contributed by atoms with Crippen LogP contribution in [0.4, 0.5) is 5.82 Å². The molecule has 2 heterocycles. The van der Waals surface area contributed by atoms with Crippen molar-refractivity contribution in [2.24, 2.45) is 0 Å². The van der Waals surface area contributed by atoms with Crippen LogP contribution in [0.15, 0.2) is 12.7 Å². The summed E-state index contributed by atoms with van der Waals surface area (Å²) in [6, 6.07) is 0. The maximum Gasteiger partial charge on any atom is 0.152 e. The van der Waals surface area contributed by atoms with Crippen molar-refractivity contribution in [2.45, 2.75) is 45.7 Å². The number of nitrogens with zero attached hydrogens (tertiary/aromatic N) is 5. The number of fused-ring (bicyclic) bond motifs is 1. The average molecular weight is 258 g/mol. The number of anilines is 1. The van der Waals surface area contributed by atoms with Crippen LogP contribution in [0.2, 0.25) is 0 Å². The first kappa shape index (κ1) is 12.1. The zero-order chi connectivity index (χ0) is 13.1. The molecule has 0 amide bonds. The third kappa shape index (κ3) is 2.43. The SMILES string of the molecule is CCn1cnnc1CNc1ncnc2c1CCCC2. The van der Waals surface area contributed by atoms with E-state index in [0.717, 1.165) is 31.0 Å². The summed E-state index contributed by atoms with van der Waals surface area (Å²) in [6.45, 7) is 3.61. The number of aryl methyl sites for hydroxylation is 2. The van der Waals surface area contributed by atoms with E-state index in [1.807, 2.05) is 4.57 Å². The van der Waals surface area contributed by atoms with Crippen molar-refractivity contribution in [2.75, 3.05) is 5.32 Å². The molecular formula is C13H18N6. The fraction of sp³-hybridized carbons (Fsp3) is 0.538. The molecule has 0 atom stereocenters. The average Bonchev–Trinajstić information content (AvgIpc) is 2.92. The summed E-state index contributed by atoms with van der Waals surface area (Å²) < 4.78 is 2.03. The van der Waals surface area contributed by atoms with Crippen molar-refractivity contribution in [3.63, 3.8) is 0 Å². The molecule has 0 spiro atoms. The van der Waals surface area contributed by atoms with E-state index in [0.29, 0.717) is 6.54 Å². The molecule has 19 heavy (non-hydrogen) atoms. The lowest BCUT2D eigenvalue weighted by atomic mass is 9.96. The molecule has 0 aliphatic heterocycles. The molecule has 1 aliphatic carbocycles. The van der Waals surface area contributed by atoms with Crippen molar-refractivity contribution >= 4 is 5.82 Å². The van der Waals surface area contributed by atoms with Gasteiger partial charge in [-0.25, -0.2) is 9.97 Å². The monoisotopic (exact) mass is 258 g/mol. The molecule has 100 valence electrons. The Morgan fingerprint density at radius 3 is 3.05 bits per heavy atom. The fourth-order valence-corrected chi connectivity index (χ4v) is 2.52. The van der Waals surface area contributed by atoms with Crippen molar-refractivity contribution in [1.82, 2.24) is 24.7 Å². The second-order valence-corrected chi connectivity index (χ2v) is 4.74. The zero-order valence-corrected chi connectivity index (χ0v) is 11.1. The third-order valence-corrected chi connectivity index (χ3v) is 3.58. The lowest BCUT2D eigenvalue weighted by Crippen LogP contribution is -2.14. The predicted octanol–water partition coefficient (Wildman–Crippen LogP) is 1.58. The molecule has 0 unspecified atom stereocenters. The highest BCUT2D eigenvalue weighted by molar-refractivity contribution is 5.46. The minimum Gasteiger partial charge on any atom is -0.362 e. The highest BCUT2D eigenvalue weighted by Gasteiger charge is 2.15. The molecule has 0 aromatic carbocycles. The molecule has 0 bridgehead atoms. The Labute approximate surface area is 112 Å². The number of hydrogen-bond donors (Lipinski definition) is 1. The third-order valence-electron chi connectivity index (χ3n) is 3.58. The second kappa shape index (κ2) is 5.34. The minimum absolute atomic E-state index is 0.650. The molecule has 2 aromatic heterocycles. The number of aromatic nitrogens is 5. The number of nitrogens with one attached hydrogen (secondary N) is 1. The smallest absolute Gasteiger partial charge is 0.152 e. The first-order chi connectivity index (χ1) is 9.38. The molecule has 0 radical (unpaired) electrons. The predicted molar refractivity (Wildman–Crippen MR) is 71.7 cm³/mol. The molecule has 3 rings (SSSR count). The van der Waals surface area contributed by atoms with Crippen LogP contribution in [0, 0.1) is 0 Å². The van der Waals surface area contributed by atoms with Crippen molar-refractivity contribution in [3.8, 4) is 0 Å². The maximum absolute atomic E-state index is 4.37. The van der Waals surface area contributed by atoms with E-state index in [9.17, 15) is 0 Å². The van der Waals surface area contributed by atoms with Crippen LogP contribution in [-0.4, -0.2) is 24.7 Å². The Morgan fingerprint density at radius 2 is 2.16 bits per heavy atom. The normalized spacial score (nSPS) is 14.2. The van der Waals surface area contributed by atoms with E-state index in [2.05, 4.69) is 32.4 Å². The topological polar surface area (TPSA) is 68.5 Å². The molecule has 1 N–H and O–H groups in total. The minimum atomic E-state index is 0.650. The van der Waals surface area contributed by atoms with Gasteiger partial charge in [0.15, 0.2) is 5.82 Å². The summed E-state index contributed by atoms with van der Waals surface area (Å²) in [4.78, 5) is 8.74. The van der Waals surface area contributed by atoms with E-state index in [-0.39, 0.29) is 0 Å². The van der Waals surface area contributed by atoms with Gasteiger partial charge in [-0.1, -0.05) is 0 Å². The molecule has 1 aliphatic rings. The van der Waals surface area contributed by atoms with Crippen LogP contribution >= 0.6 is 0 Å². The van der Waals surface area contributed by atoms with Crippen LogP contribution in [0.5, 0.6) is 0 Å². The van der Waals surface area contributed by atoms with E-state index < -0.39 is 0 Å². The van der Waals surface area contributed by atoms with E-state index in [4.69, 9.17) is 0 Å². The van der Waals surface area contributed by atoms with Crippen molar-refractivity contribution in [1.29, 1.82) is 0 Å². The quantitative estimate of drug-likeness (QED) is 0.901. The zero-order valence-electron chi connectivity index (χ0n) is 11.1. The largest absolute Gasteiger partial charge is 0.362 e. The Kier molecular flexibility index (Phi) is 3.39. The van der Waals surface area contributed by atoms with Gasteiger partial charge in [0.25, 0.3) is 0 Å². The highest BCUT2D eigenvalue weighted by Crippen LogP contribution is 2.24. The summed E-state index contributed by atoms with van der Waals surface area (Å²) in [5.41, 5.74) is 2.47. The maximum atomic E-state index is 4.37. The molecule has 0 saturated heterocycles. The summed E-state index contributed by atoms with van der Waals surface area (Å²) >= 11 is 0. The first-order valence-electron chi connectivity index (χ1n) is 6.81.